The van der Waals surface area contributed by atoms with Gasteiger partial charge in [-0.2, -0.15) is 0 Å². The van der Waals surface area contributed by atoms with E-state index in [-0.39, 0.29) is 0 Å². The van der Waals surface area contributed by atoms with Crippen LogP contribution in [0.2, 0.25) is 0 Å². The molecule has 1 aliphatic carbocycles. The van der Waals surface area contributed by atoms with Crippen LogP contribution in [0.5, 0.6) is 5.75 Å². The van der Waals surface area contributed by atoms with E-state index in [2.05, 4.69) is 23.4 Å². The summed E-state index contributed by atoms with van der Waals surface area (Å²) in [5.41, 5.74) is 9.21. The van der Waals surface area contributed by atoms with Gasteiger partial charge in [-0.25, -0.2) is 0 Å². The number of hydrogen-bond acceptors (Lipinski definition) is 4. The van der Waals surface area contributed by atoms with Gasteiger partial charge in [0.1, 0.15) is 5.75 Å². The lowest BCUT2D eigenvalue weighted by molar-refractivity contribution is 0.315. The Morgan fingerprint density at radius 3 is 2.79 bits per heavy atom. The monoisotopic (exact) mass is 258 g/mol. The smallest absolute Gasteiger partial charge is 0.222 e. The molecular formula is C15H18N2O2. The number of hydrogen-bond donors (Lipinski definition) is 1. The SMILES string of the molecule is Nc1cc(CCOc2ccc3c(c2)CCCC3)no1. The maximum absolute atomic E-state index is 5.76. The number of nitrogen functional groups attached to an aromatic ring is 1. The molecule has 1 aliphatic rings. The fraction of sp³-hybridized carbons (Fsp3) is 0.400. The highest BCUT2D eigenvalue weighted by Gasteiger charge is 2.10. The lowest BCUT2D eigenvalue weighted by Gasteiger charge is -2.16. The Balaban J connectivity index is 1.58. The molecule has 0 atom stereocenters. The van der Waals surface area contributed by atoms with E-state index in [0.717, 1.165) is 11.4 Å². The molecule has 0 spiro atoms. The summed E-state index contributed by atoms with van der Waals surface area (Å²) in [6.07, 6.45) is 5.67. The average molecular weight is 258 g/mol. The zero-order valence-corrected chi connectivity index (χ0v) is 10.9. The molecule has 0 saturated carbocycles. The molecule has 0 aliphatic heterocycles. The van der Waals surface area contributed by atoms with E-state index in [9.17, 15) is 0 Å². The van der Waals surface area contributed by atoms with Crippen molar-refractivity contribution in [3.8, 4) is 5.75 Å². The average Bonchev–Trinajstić information content (AvgIpc) is 2.84. The maximum Gasteiger partial charge on any atom is 0.222 e. The molecule has 4 nitrogen and oxygen atoms in total. The second kappa shape index (κ2) is 5.34. The largest absolute Gasteiger partial charge is 0.493 e. The molecule has 0 radical (unpaired) electrons. The molecule has 2 aromatic rings. The van der Waals surface area contributed by atoms with Gasteiger partial charge < -0.3 is 15.0 Å². The zero-order chi connectivity index (χ0) is 13.1. The third-order valence-corrected chi connectivity index (χ3v) is 3.52. The molecule has 0 amide bonds. The maximum atomic E-state index is 5.76. The Hall–Kier alpha value is -1.97. The second-order valence-electron chi connectivity index (χ2n) is 4.96. The molecule has 1 aromatic carbocycles. The molecule has 0 saturated heterocycles. The Bertz CT molecular complexity index is 563. The van der Waals surface area contributed by atoms with Crippen LogP contribution in [0.4, 0.5) is 5.88 Å². The van der Waals surface area contributed by atoms with E-state index in [0.29, 0.717) is 18.9 Å². The van der Waals surface area contributed by atoms with E-state index < -0.39 is 0 Å². The Kier molecular flexibility index (Phi) is 3.40. The van der Waals surface area contributed by atoms with Crippen molar-refractivity contribution < 1.29 is 9.26 Å². The van der Waals surface area contributed by atoms with Crippen molar-refractivity contribution >= 4 is 5.88 Å². The van der Waals surface area contributed by atoms with E-state index in [1.54, 1.807) is 6.07 Å². The number of fused-ring (bicyclic) bond motifs is 1. The van der Waals surface area contributed by atoms with E-state index in [1.807, 2.05) is 0 Å². The van der Waals surface area contributed by atoms with Crippen LogP contribution in [0.25, 0.3) is 0 Å². The molecule has 19 heavy (non-hydrogen) atoms. The van der Waals surface area contributed by atoms with Crippen molar-refractivity contribution in [1.29, 1.82) is 0 Å². The summed E-state index contributed by atoms with van der Waals surface area (Å²) in [5.74, 6) is 1.29. The standard InChI is InChI=1S/C15H18N2O2/c16-15-10-13(17-19-15)7-8-18-14-6-5-11-3-1-2-4-12(11)9-14/h5-6,9-10H,1-4,7-8,16H2. The van der Waals surface area contributed by atoms with Gasteiger partial charge in [-0.3, -0.25) is 0 Å². The minimum absolute atomic E-state index is 0.351. The number of aryl methyl sites for hydroxylation is 2. The number of rotatable bonds is 4. The van der Waals surface area contributed by atoms with Gasteiger partial charge in [0, 0.05) is 12.5 Å². The first-order valence-corrected chi connectivity index (χ1v) is 6.77. The van der Waals surface area contributed by atoms with E-state index in [4.69, 9.17) is 15.0 Å². The minimum Gasteiger partial charge on any atom is -0.493 e. The summed E-state index contributed by atoms with van der Waals surface area (Å²) >= 11 is 0. The Morgan fingerprint density at radius 1 is 1.16 bits per heavy atom. The summed E-state index contributed by atoms with van der Waals surface area (Å²) < 4.78 is 10.6. The van der Waals surface area contributed by atoms with E-state index in [1.165, 1.54) is 36.8 Å². The summed E-state index contributed by atoms with van der Waals surface area (Å²) in [5, 5.41) is 3.84. The Labute approximate surface area is 112 Å². The predicted octanol–water partition coefficient (Wildman–Crippen LogP) is 2.76. The molecule has 0 bridgehead atoms. The molecule has 1 heterocycles. The van der Waals surface area contributed by atoms with E-state index >= 15 is 0 Å². The highest BCUT2D eigenvalue weighted by atomic mass is 16.5. The summed E-state index contributed by atoms with van der Waals surface area (Å²) in [6, 6.07) is 8.15. The predicted molar refractivity (Wildman–Crippen MR) is 73.2 cm³/mol. The first-order valence-electron chi connectivity index (χ1n) is 6.77. The van der Waals surface area contributed by atoms with Gasteiger partial charge in [0.25, 0.3) is 0 Å². The normalized spacial score (nSPS) is 14.1. The van der Waals surface area contributed by atoms with Gasteiger partial charge in [-0.15, -0.1) is 0 Å². The molecular weight excluding hydrogens is 240 g/mol. The van der Waals surface area contributed by atoms with Crippen LogP contribution >= 0.6 is 0 Å². The number of nitrogens with zero attached hydrogens (tertiary/aromatic N) is 1. The molecule has 0 fully saturated rings. The van der Waals surface area contributed by atoms with Gasteiger partial charge in [0.05, 0.1) is 12.3 Å². The number of anilines is 1. The topological polar surface area (TPSA) is 61.3 Å². The number of nitrogens with two attached hydrogens (primary N) is 1. The quantitative estimate of drug-likeness (QED) is 0.916. The van der Waals surface area contributed by atoms with Gasteiger partial charge in [0.15, 0.2) is 0 Å². The summed E-state index contributed by atoms with van der Waals surface area (Å²) in [4.78, 5) is 0. The van der Waals surface area contributed by atoms with Crippen LogP contribution in [0.15, 0.2) is 28.8 Å². The molecule has 100 valence electrons. The molecule has 2 N–H and O–H groups in total. The van der Waals surface area contributed by atoms with Gasteiger partial charge >= 0.3 is 0 Å². The minimum atomic E-state index is 0.351. The molecule has 3 rings (SSSR count). The number of benzene rings is 1. The lowest BCUT2D eigenvalue weighted by atomic mass is 9.92. The van der Waals surface area contributed by atoms with Crippen LogP contribution in [-0.2, 0) is 19.3 Å². The van der Waals surface area contributed by atoms with Gasteiger partial charge in [0.2, 0.25) is 5.88 Å². The lowest BCUT2D eigenvalue weighted by Crippen LogP contribution is -2.05. The van der Waals surface area contributed by atoms with Crippen LogP contribution in [0.1, 0.15) is 29.7 Å². The third-order valence-electron chi connectivity index (χ3n) is 3.52. The zero-order valence-electron chi connectivity index (χ0n) is 10.9. The van der Waals surface area contributed by atoms with Crippen molar-refractivity contribution in [3.63, 3.8) is 0 Å². The number of ether oxygens (including phenoxy) is 1. The third kappa shape index (κ3) is 2.89. The Morgan fingerprint density at radius 2 is 2.00 bits per heavy atom. The van der Waals surface area contributed by atoms with Crippen molar-refractivity contribution in [3.05, 3.63) is 41.1 Å². The summed E-state index contributed by atoms with van der Waals surface area (Å²) in [7, 11) is 0. The van der Waals surface area contributed by atoms with Gasteiger partial charge in [-0.05, 0) is 48.9 Å². The fourth-order valence-electron chi connectivity index (χ4n) is 2.52. The first-order chi connectivity index (χ1) is 9.31. The van der Waals surface area contributed by atoms with Crippen LogP contribution in [0.3, 0.4) is 0 Å². The van der Waals surface area contributed by atoms with Crippen molar-refractivity contribution in [2.24, 2.45) is 0 Å². The highest BCUT2D eigenvalue weighted by Crippen LogP contribution is 2.25. The molecule has 1 aromatic heterocycles. The first kappa shape index (κ1) is 12.1. The summed E-state index contributed by atoms with van der Waals surface area (Å²) in [6.45, 7) is 0.588. The molecule has 0 unspecified atom stereocenters. The van der Waals surface area contributed by atoms with Crippen molar-refractivity contribution in [2.75, 3.05) is 12.3 Å². The van der Waals surface area contributed by atoms with Crippen molar-refractivity contribution in [1.82, 2.24) is 5.16 Å². The van der Waals surface area contributed by atoms with Crippen LogP contribution in [-0.4, -0.2) is 11.8 Å². The van der Waals surface area contributed by atoms with Gasteiger partial charge in [-0.1, -0.05) is 11.2 Å². The fourth-order valence-corrected chi connectivity index (χ4v) is 2.52. The second-order valence-corrected chi connectivity index (χ2v) is 4.96. The van der Waals surface area contributed by atoms with Crippen molar-refractivity contribution in [2.45, 2.75) is 32.1 Å². The highest BCUT2D eigenvalue weighted by molar-refractivity contribution is 5.37. The molecule has 4 heteroatoms. The van der Waals surface area contributed by atoms with Crippen LogP contribution < -0.4 is 10.5 Å². The number of aromatic nitrogens is 1. The van der Waals surface area contributed by atoms with Crippen LogP contribution in [0, 0.1) is 0 Å².